The van der Waals surface area contributed by atoms with Crippen LogP contribution in [0.15, 0.2) is 29.3 Å². The lowest BCUT2D eigenvalue weighted by Gasteiger charge is -2.25. The number of carbonyl (C=O) groups is 7. The second kappa shape index (κ2) is 26.4. The summed E-state index contributed by atoms with van der Waals surface area (Å²) < 4.78 is 0. The molecule has 0 saturated carbocycles. The zero-order valence-electron chi connectivity index (χ0n) is 33.6. The van der Waals surface area contributed by atoms with Gasteiger partial charge in [0.1, 0.15) is 29.9 Å². The monoisotopic (exact) mass is 805 g/mol. The predicted octanol–water partition coefficient (Wildman–Crippen LogP) is -1.99. The number of unbranched alkanes of at least 4 members (excludes halogenated alkanes) is 1. The maximum absolute atomic E-state index is 13.3. The molecular formula is C37H63N11O9. The van der Waals surface area contributed by atoms with Gasteiger partial charge < -0.3 is 64.6 Å². The molecule has 15 N–H and O–H groups in total. The van der Waals surface area contributed by atoms with Gasteiger partial charge in [-0.1, -0.05) is 46.2 Å². The lowest BCUT2D eigenvalue weighted by atomic mass is 9.99. The number of nitrogens with one attached hydrogen (secondary N) is 7. The minimum atomic E-state index is -1.28. The molecule has 0 saturated heterocycles. The molecule has 6 atom stereocenters. The van der Waals surface area contributed by atoms with Crippen molar-refractivity contribution in [3.05, 3.63) is 29.8 Å². The van der Waals surface area contributed by atoms with Crippen LogP contribution >= 0.6 is 0 Å². The van der Waals surface area contributed by atoms with Crippen LogP contribution in [-0.2, 0) is 40.1 Å². The summed E-state index contributed by atoms with van der Waals surface area (Å²) >= 11 is 0. The third-order valence-electron chi connectivity index (χ3n) is 8.97. The minimum Gasteiger partial charge on any atom is -0.508 e. The average molecular weight is 806 g/mol. The van der Waals surface area contributed by atoms with E-state index in [4.69, 9.17) is 17.2 Å². The molecule has 20 heteroatoms. The number of phenolic OH excluding ortho intramolecular Hbond substituents is 1. The zero-order valence-corrected chi connectivity index (χ0v) is 33.6. The molecule has 6 amide bonds. The number of hydrogen-bond donors (Lipinski definition) is 12. The summed E-state index contributed by atoms with van der Waals surface area (Å²) in [6, 6.07) is 1.38. The molecule has 0 radical (unpaired) electrons. The zero-order chi connectivity index (χ0) is 43.1. The Morgan fingerprint density at radius 1 is 0.772 bits per heavy atom. The Labute approximate surface area is 333 Å². The SMILES string of the molecule is CC[C@H](C)[C@H](N)C(=O)NCC(=O)N[C@@H](CCCCNCc1cccc(O)c1)C(=O)NCC(=O)N[C@H](C(=O)N[C@@H](C)C(=O)N[C@@H](CCCN=C(N)N)C(=O)O)C(C)C. The fourth-order valence-corrected chi connectivity index (χ4v) is 5.29. The molecule has 0 fully saturated rings. The van der Waals surface area contributed by atoms with Gasteiger partial charge in [0.15, 0.2) is 5.96 Å². The third-order valence-corrected chi connectivity index (χ3v) is 8.97. The molecule has 57 heavy (non-hydrogen) atoms. The second-order valence-corrected chi connectivity index (χ2v) is 14.2. The van der Waals surface area contributed by atoms with Gasteiger partial charge in [0.2, 0.25) is 35.4 Å². The number of carbonyl (C=O) groups excluding carboxylic acids is 6. The molecule has 1 aromatic rings. The smallest absolute Gasteiger partial charge is 0.326 e. The van der Waals surface area contributed by atoms with E-state index in [0.717, 1.165) is 5.56 Å². The number of rotatable bonds is 27. The summed E-state index contributed by atoms with van der Waals surface area (Å²) in [6.07, 6.45) is 2.28. The van der Waals surface area contributed by atoms with E-state index < -0.39 is 90.6 Å². The maximum atomic E-state index is 13.3. The van der Waals surface area contributed by atoms with Gasteiger partial charge in [-0.3, -0.25) is 33.8 Å². The number of aromatic hydroxyl groups is 1. The van der Waals surface area contributed by atoms with Gasteiger partial charge in [0.25, 0.3) is 0 Å². The van der Waals surface area contributed by atoms with Crippen LogP contribution in [0.1, 0.15) is 78.7 Å². The van der Waals surface area contributed by atoms with E-state index in [1.165, 1.54) is 6.92 Å². The molecule has 0 bridgehead atoms. The average Bonchev–Trinajstić information content (AvgIpc) is 3.15. The normalized spacial score (nSPS) is 14.1. The number of aliphatic carboxylic acids is 1. The molecule has 0 heterocycles. The molecule has 1 rings (SSSR count). The fraction of sp³-hybridized carbons (Fsp3) is 0.622. The molecule has 0 aliphatic heterocycles. The Morgan fingerprint density at radius 2 is 1.40 bits per heavy atom. The number of carboxylic acid groups (broad SMARTS) is 1. The van der Waals surface area contributed by atoms with Crippen molar-refractivity contribution in [1.29, 1.82) is 0 Å². The molecule has 20 nitrogen and oxygen atoms in total. The molecule has 320 valence electrons. The molecular weight excluding hydrogens is 742 g/mol. The Morgan fingerprint density at radius 3 is 2.00 bits per heavy atom. The Hall–Kier alpha value is -5.50. The van der Waals surface area contributed by atoms with E-state index in [2.05, 4.69) is 42.2 Å². The van der Waals surface area contributed by atoms with Crippen molar-refractivity contribution in [2.75, 3.05) is 26.2 Å². The maximum Gasteiger partial charge on any atom is 0.326 e. The summed E-state index contributed by atoms with van der Waals surface area (Å²) in [5, 5.41) is 37.4. The minimum absolute atomic E-state index is 0.0296. The van der Waals surface area contributed by atoms with E-state index in [0.29, 0.717) is 32.4 Å². The number of guanidine groups is 1. The van der Waals surface area contributed by atoms with Crippen LogP contribution in [0.2, 0.25) is 0 Å². The van der Waals surface area contributed by atoms with Crippen molar-refractivity contribution in [3.63, 3.8) is 0 Å². The Kier molecular flexibility index (Phi) is 22.9. The van der Waals surface area contributed by atoms with E-state index in [1.807, 2.05) is 19.9 Å². The summed E-state index contributed by atoms with van der Waals surface area (Å²) in [6.45, 7) is 8.65. The van der Waals surface area contributed by atoms with Crippen molar-refractivity contribution in [2.24, 2.45) is 34.0 Å². The number of aliphatic imine (C=N–C) groups is 1. The number of hydrogen-bond acceptors (Lipinski definition) is 11. The summed E-state index contributed by atoms with van der Waals surface area (Å²) in [5.74, 6) is -5.87. The number of amides is 6. The van der Waals surface area contributed by atoms with E-state index >= 15 is 0 Å². The highest BCUT2D eigenvalue weighted by Gasteiger charge is 2.29. The van der Waals surface area contributed by atoms with Crippen LogP contribution in [0.5, 0.6) is 5.75 Å². The van der Waals surface area contributed by atoms with Gasteiger partial charge in [0, 0.05) is 13.1 Å². The van der Waals surface area contributed by atoms with Crippen molar-refractivity contribution in [1.82, 2.24) is 37.2 Å². The number of nitrogens with two attached hydrogens (primary N) is 3. The highest BCUT2D eigenvalue weighted by molar-refractivity contribution is 5.95. The molecule has 0 aliphatic rings. The van der Waals surface area contributed by atoms with Crippen LogP contribution < -0.4 is 54.4 Å². The van der Waals surface area contributed by atoms with Gasteiger partial charge >= 0.3 is 5.97 Å². The van der Waals surface area contributed by atoms with Gasteiger partial charge in [-0.2, -0.15) is 0 Å². The lowest BCUT2D eigenvalue weighted by molar-refractivity contribution is -0.142. The van der Waals surface area contributed by atoms with Crippen LogP contribution in [0, 0.1) is 11.8 Å². The van der Waals surface area contributed by atoms with Gasteiger partial charge in [0.05, 0.1) is 19.1 Å². The summed E-state index contributed by atoms with van der Waals surface area (Å²) in [4.78, 5) is 92.8. The van der Waals surface area contributed by atoms with Crippen molar-refractivity contribution in [3.8, 4) is 5.75 Å². The molecule has 0 spiro atoms. The van der Waals surface area contributed by atoms with Crippen molar-refractivity contribution < 1.29 is 43.8 Å². The van der Waals surface area contributed by atoms with Crippen LogP contribution in [0.3, 0.4) is 0 Å². The highest BCUT2D eigenvalue weighted by Crippen LogP contribution is 2.11. The lowest BCUT2D eigenvalue weighted by Crippen LogP contribution is -2.57. The van der Waals surface area contributed by atoms with E-state index in [9.17, 15) is 43.8 Å². The van der Waals surface area contributed by atoms with E-state index in [-0.39, 0.29) is 43.4 Å². The summed E-state index contributed by atoms with van der Waals surface area (Å²) in [5.41, 5.74) is 17.4. The van der Waals surface area contributed by atoms with Gasteiger partial charge in [-0.25, -0.2) is 4.79 Å². The van der Waals surface area contributed by atoms with Crippen molar-refractivity contribution in [2.45, 2.75) is 110 Å². The number of benzene rings is 1. The first-order valence-electron chi connectivity index (χ1n) is 19.1. The number of nitrogens with zero attached hydrogens (tertiary/aromatic N) is 1. The van der Waals surface area contributed by atoms with Crippen LogP contribution in [0.4, 0.5) is 0 Å². The van der Waals surface area contributed by atoms with Crippen molar-refractivity contribution >= 4 is 47.4 Å². The van der Waals surface area contributed by atoms with Gasteiger partial charge in [-0.15, -0.1) is 0 Å². The largest absolute Gasteiger partial charge is 0.508 e. The quantitative estimate of drug-likeness (QED) is 0.0261. The first-order chi connectivity index (χ1) is 26.9. The topological polar surface area (TPSA) is 335 Å². The summed E-state index contributed by atoms with van der Waals surface area (Å²) in [7, 11) is 0. The Bertz CT molecular complexity index is 1520. The van der Waals surface area contributed by atoms with Gasteiger partial charge in [-0.05, 0) is 75.1 Å². The predicted molar refractivity (Wildman–Crippen MR) is 213 cm³/mol. The number of phenols is 1. The highest BCUT2D eigenvalue weighted by atomic mass is 16.4. The standard InChI is InChI=1S/C37H63N11O9/c1-6-22(4)30(38)34(54)44-19-28(50)46-26(13-7-8-15-41-18-24-11-9-12-25(49)17-24)33(53)43-20-29(51)48-31(21(2)3)35(55)45-23(5)32(52)47-27(36(56)57)14-10-16-42-37(39)40/h9,11-12,17,21-23,26-27,30-31,41,49H,6-8,10,13-16,18-20,38H2,1-5H3,(H,43,53)(H,44,54)(H,45,55)(H,46,50)(H,47,52)(H,48,51)(H,56,57)(H4,39,40,42)/t22-,23-,26-,27-,30-,31-/m0/s1. The second-order valence-electron chi connectivity index (χ2n) is 14.2. The Balaban J connectivity index is 2.82. The first kappa shape index (κ1) is 49.5. The third kappa shape index (κ3) is 20.3. The fourth-order valence-electron chi connectivity index (χ4n) is 5.29. The molecule has 0 aromatic heterocycles. The molecule has 1 aromatic carbocycles. The molecule has 0 aliphatic carbocycles. The van der Waals surface area contributed by atoms with E-state index in [1.54, 1.807) is 32.0 Å². The van der Waals surface area contributed by atoms with Crippen LogP contribution in [-0.4, -0.2) is 114 Å². The molecule has 0 unspecified atom stereocenters. The number of carboxylic acids is 1. The van der Waals surface area contributed by atoms with Crippen LogP contribution in [0.25, 0.3) is 0 Å². The first-order valence-corrected chi connectivity index (χ1v) is 19.1.